The van der Waals surface area contributed by atoms with Crippen LogP contribution in [0.2, 0.25) is 0 Å². The Morgan fingerprint density at radius 1 is 1.16 bits per heavy atom. The molecule has 0 spiro atoms. The molecule has 3 heterocycles. The summed E-state index contributed by atoms with van der Waals surface area (Å²) >= 11 is 1.61. The zero-order valence-electron chi connectivity index (χ0n) is 13.7. The number of hydrogen-bond donors (Lipinski definition) is 3. The minimum Gasteiger partial charge on any atom is -0.383 e. The van der Waals surface area contributed by atoms with Crippen LogP contribution in [0.1, 0.15) is 29.2 Å². The molecule has 0 atom stereocenters. The van der Waals surface area contributed by atoms with Gasteiger partial charge < -0.3 is 16.0 Å². The number of aromatic nitrogens is 1. The van der Waals surface area contributed by atoms with Crippen molar-refractivity contribution in [2.75, 3.05) is 13.1 Å². The number of nitrogens with two attached hydrogens (primary N) is 1. The third kappa shape index (κ3) is 4.18. The minimum absolute atomic E-state index is 0. The predicted octanol–water partition coefficient (Wildman–Crippen LogP) is 4.58. The Kier molecular flexibility index (Phi) is 6.90. The zero-order valence-corrected chi connectivity index (χ0v) is 16.1. The normalized spacial score (nSPS) is 15.6. The van der Waals surface area contributed by atoms with Gasteiger partial charge in [-0.25, -0.2) is 4.99 Å². The second kappa shape index (κ2) is 8.72. The van der Waals surface area contributed by atoms with E-state index in [9.17, 15) is 0 Å². The molecule has 0 radical (unpaired) electrons. The van der Waals surface area contributed by atoms with E-state index in [4.69, 9.17) is 5.73 Å². The highest BCUT2D eigenvalue weighted by molar-refractivity contribution is 7.12. The summed E-state index contributed by atoms with van der Waals surface area (Å²) in [6.07, 6.45) is 4.55. The van der Waals surface area contributed by atoms with Crippen molar-refractivity contribution in [3.63, 3.8) is 0 Å². The molecule has 0 unspecified atom stereocenters. The van der Waals surface area contributed by atoms with Crippen molar-refractivity contribution in [3.8, 4) is 0 Å². The Bertz CT molecular complexity index is 836. The van der Waals surface area contributed by atoms with Crippen LogP contribution < -0.4 is 11.1 Å². The minimum atomic E-state index is 0. The van der Waals surface area contributed by atoms with Crippen molar-refractivity contribution in [2.24, 2.45) is 10.7 Å². The number of fused-ring (bicyclic) bond motifs is 1. The lowest BCUT2D eigenvalue weighted by molar-refractivity contribution is 0.462. The summed E-state index contributed by atoms with van der Waals surface area (Å²) in [5.74, 6) is 1.21. The van der Waals surface area contributed by atoms with E-state index in [0.29, 0.717) is 11.8 Å². The van der Waals surface area contributed by atoms with E-state index in [1.54, 1.807) is 11.3 Å². The molecule has 0 bridgehead atoms. The lowest BCUT2D eigenvalue weighted by Gasteiger charge is -2.22. The highest BCUT2D eigenvalue weighted by Crippen LogP contribution is 2.33. The maximum atomic E-state index is 6.12. The molecule has 1 fully saturated rings. The number of rotatable bonds is 3. The number of H-pyrrole nitrogens is 1. The Morgan fingerprint density at radius 3 is 2.68 bits per heavy atom. The van der Waals surface area contributed by atoms with Gasteiger partial charge in [0, 0.05) is 17.1 Å². The summed E-state index contributed by atoms with van der Waals surface area (Å²) < 4.78 is 0. The number of benzene rings is 1. The number of halogens is 2. The van der Waals surface area contributed by atoms with Gasteiger partial charge in [-0.2, -0.15) is 0 Å². The Labute approximate surface area is 163 Å². The van der Waals surface area contributed by atoms with E-state index < -0.39 is 0 Å². The first-order valence-electron chi connectivity index (χ1n) is 8.01. The van der Waals surface area contributed by atoms with E-state index in [0.717, 1.165) is 23.7 Å². The van der Waals surface area contributed by atoms with E-state index in [-0.39, 0.29) is 24.8 Å². The molecular weight excluding hydrogens is 375 g/mol. The van der Waals surface area contributed by atoms with E-state index in [1.807, 2.05) is 23.6 Å². The summed E-state index contributed by atoms with van der Waals surface area (Å²) in [6.45, 7) is 2.20. The smallest absolute Gasteiger partial charge is 0.141 e. The number of aromatic amines is 1. The molecule has 2 aromatic heterocycles. The SMILES string of the molecule is Cl.Cl.NC(=Nc1ccc2[nH]cc(C3CCNCC3)c2c1)c1cccs1. The average molecular weight is 397 g/mol. The van der Waals surface area contributed by atoms with Crippen molar-refractivity contribution in [3.05, 3.63) is 52.3 Å². The predicted molar refractivity (Wildman–Crippen MR) is 112 cm³/mol. The summed E-state index contributed by atoms with van der Waals surface area (Å²) in [6, 6.07) is 10.3. The molecular formula is C18H22Cl2N4S. The van der Waals surface area contributed by atoms with Crippen LogP contribution in [0.5, 0.6) is 0 Å². The lowest BCUT2D eigenvalue weighted by Crippen LogP contribution is -2.26. The second-order valence-corrected chi connectivity index (χ2v) is 6.92. The van der Waals surface area contributed by atoms with Crippen LogP contribution in [0.25, 0.3) is 10.9 Å². The summed E-state index contributed by atoms with van der Waals surface area (Å²) in [5, 5.41) is 6.72. The molecule has 4 nitrogen and oxygen atoms in total. The Balaban J connectivity index is 0.00000113. The maximum absolute atomic E-state index is 6.12. The standard InChI is InChI=1S/C18H20N4S.2ClH/c19-18(17-2-1-9-23-17)22-13-3-4-16-14(10-13)15(11-21-16)12-5-7-20-8-6-12;;/h1-4,9-12,20-21H,5-8H2,(H2,19,22);2*1H. The first-order chi connectivity index (χ1) is 11.3. The molecule has 4 rings (SSSR count). The summed E-state index contributed by atoms with van der Waals surface area (Å²) in [4.78, 5) is 9.00. The van der Waals surface area contributed by atoms with Crippen LogP contribution in [-0.4, -0.2) is 23.9 Å². The fourth-order valence-electron chi connectivity index (χ4n) is 3.29. The molecule has 1 aliphatic rings. The van der Waals surface area contributed by atoms with Gasteiger partial charge in [0.1, 0.15) is 5.84 Å². The Morgan fingerprint density at radius 2 is 1.96 bits per heavy atom. The van der Waals surface area contributed by atoms with Gasteiger partial charge >= 0.3 is 0 Å². The Hall–Kier alpha value is -1.53. The number of hydrogen-bond acceptors (Lipinski definition) is 3. The van der Waals surface area contributed by atoms with Crippen molar-refractivity contribution in [1.82, 2.24) is 10.3 Å². The largest absolute Gasteiger partial charge is 0.383 e. The van der Waals surface area contributed by atoms with Crippen LogP contribution in [0, 0.1) is 0 Å². The van der Waals surface area contributed by atoms with E-state index >= 15 is 0 Å². The lowest BCUT2D eigenvalue weighted by atomic mass is 9.90. The fraction of sp³-hybridized carbons (Fsp3) is 0.278. The third-order valence-electron chi connectivity index (χ3n) is 4.50. The number of nitrogens with one attached hydrogen (secondary N) is 2. The molecule has 1 aliphatic heterocycles. The van der Waals surface area contributed by atoms with Gasteiger partial charge in [-0.1, -0.05) is 6.07 Å². The summed E-state index contributed by atoms with van der Waals surface area (Å²) in [7, 11) is 0. The van der Waals surface area contributed by atoms with Crippen LogP contribution in [0.15, 0.2) is 46.9 Å². The number of nitrogens with zero attached hydrogens (tertiary/aromatic N) is 1. The zero-order chi connectivity index (χ0) is 15.6. The van der Waals surface area contributed by atoms with Crippen LogP contribution in [0.4, 0.5) is 5.69 Å². The molecule has 1 aromatic carbocycles. The second-order valence-electron chi connectivity index (χ2n) is 5.97. The first kappa shape index (κ1) is 19.8. The molecule has 0 amide bonds. The highest BCUT2D eigenvalue weighted by atomic mass is 35.5. The van der Waals surface area contributed by atoms with Gasteiger partial charge in [0.2, 0.25) is 0 Å². The number of amidine groups is 1. The van der Waals surface area contributed by atoms with Crippen molar-refractivity contribution >= 4 is 58.6 Å². The first-order valence-corrected chi connectivity index (χ1v) is 8.89. The molecule has 3 aromatic rings. The molecule has 134 valence electrons. The van der Waals surface area contributed by atoms with Gasteiger partial charge in [-0.15, -0.1) is 36.2 Å². The molecule has 4 N–H and O–H groups in total. The fourth-order valence-corrected chi connectivity index (χ4v) is 3.92. The van der Waals surface area contributed by atoms with E-state index in [1.165, 1.54) is 29.3 Å². The van der Waals surface area contributed by atoms with Gasteiger partial charge in [-0.3, -0.25) is 0 Å². The number of piperidine rings is 1. The van der Waals surface area contributed by atoms with E-state index in [2.05, 4.69) is 33.6 Å². The van der Waals surface area contributed by atoms with Crippen LogP contribution in [0.3, 0.4) is 0 Å². The quantitative estimate of drug-likeness (QED) is 0.448. The topological polar surface area (TPSA) is 66.2 Å². The molecule has 7 heteroatoms. The number of aliphatic imine (C=N–C) groups is 1. The highest BCUT2D eigenvalue weighted by Gasteiger charge is 2.18. The third-order valence-corrected chi connectivity index (χ3v) is 5.39. The van der Waals surface area contributed by atoms with Crippen LogP contribution >= 0.6 is 36.2 Å². The van der Waals surface area contributed by atoms with Crippen LogP contribution in [-0.2, 0) is 0 Å². The average Bonchev–Trinajstić information content (AvgIpc) is 3.25. The van der Waals surface area contributed by atoms with Crippen molar-refractivity contribution < 1.29 is 0 Å². The van der Waals surface area contributed by atoms with Gasteiger partial charge in [0.15, 0.2) is 0 Å². The van der Waals surface area contributed by atoms with Gasteiger partial charge in [0.05, 0.1) is 10.6 Å². The van der Waals surface area contributed by atoms with Crippen molar-refractivity contribution in [1.29, 1.82) is 0 Å². The molecule has 0 aliphatic carbocycles. The molecule has 0 saturated carbocycles. The van der Waals surface area contributed by atoms with Crippen molar-refractivity contribution in [2.45, 2.75) is 18.8 Å². The van der Waals surface area contributed by atoms with Gasteiger partial charge in [0.25, 0.3) is 0 Å². The molecule has 25 heavy (non-hydrogen) atoms. The van der Waals surface area contributed by atoms with Gasteiger partial charge in [-0.05, 0) is 67.1 Å². The number of thiophene rings is 1. The maximum Gasteiger partial charge on any atom is 0.141 e. The summed E-state index contributed by atoms with van der Waals surface area (Å²) in [5.41, 5.74) is 9.61. The molecule has 1 saturated heterocycles. The monoisotopic (exact) mass is 396 g/mol.